The van der Waals surface area contributed by atoms with Gasteiger partial charge in [-0.3, -0.25) is 0 Å². The predicted octanol–water partition coefficient (Wildman–Crippen LogP) is 9.12. The van der Waals surface area contributed by atoms with Crippen molar-refractivity contribution >= 4 is 15.9 Å². The van der Waals surface area contributed by atoms with E-state index >= 15 is 0 Å². The van der Waals surface area contributed by atoms with Crippen LogP contribution in [0.3, 0.4) is 0 Å². The quantitative estimate of drug-likeness (QED) is 0.0685. The van der Waals surface area contributed by atoms with Crippen molar-refractivity contribution in [1.29, 1.82) is 0 Å². The number of hydrogen-bond donors (Lipinski definition) is 4. The molecule has 7 heteroatoms. The second-order valence-corrected chi connectivity index (χ2v) is 14.1. The Morgan fingerprint density at radius 2 is 0.576 bits per heavy atom. The van der Waals surface area contributed by atoms with Crippen LogP contribution in [-0.2, 0) is 4.31 Å². The maximum Gasteiger partial charge on any atom is 0.461 e. The first kappa shape index (κ1) is 33.7. The normalized spacial score (nSPS) is 12.5. The minimum atomic E-state index is -3.67. The van der Waals surface area contributed by atoms with Gasteiger partial charge in [-0.2, -0.15) is 19.6 Å². The van der Waals surface area contributed by atoms with E-state index in [9.17, 15) is 19.6 Å². The zero-order chi connectivity index (χ0) is 24.7. The van der Waals surface area contributed by atoms with E-state index in [1.165, 1.54) is 103 Å². The molecule has 0 aromatic rings. The van der Waals surface area contributed by atoms with Crippen molar-refractivity contribution in [2.24, 2.45) is 0 Å². The fourth-order valence-electron chi connectivity index (χ4n) is 4.26. The Bertz CT molecular complexity index is 372. The SMILES string of the molecule is CCCCCCCCCCCCC[P+](O)(O)O[P+](O)(O)CCCCCCCCCCCCC. The standard InChI is InChI=1S/C26H58O5P2/c1-3-5-7-9-11-13-15-17-19-21-23-25-32(27,28)31-33(29,30)26-24-22-20-18-16-14-12-10-8-6-4-2/h27-30H,3-26H2,1-2H3/q+2. The lowest BCUT2D eigenvalue weighted by Gasteiger charge is -2.13. The Labute approximate surface area is 207 Å². The van der Waals surface area contributed by atoms with E-state index in [-0.39, 0.29) is 12.3 Å². The number of rotatable bonds is 26. The molecule has 0 aliphatic heterocycles. The van der Waals surface area contributed by atoms with Crippen LogP contribution in [0.15, 0.2) is 0 Å². The van der Waals surface area contributed by atoms with Gasteiger partial charge in [0.2, 0.25) is 0 Å². The van der Waals surface area contributed by atoms with Gasteiger partial charge < -0.3 is 0 Å². The molecule has 4 N–H and O–H groups in total. The Hall–Kier alpha value is 0.660. The summed E-state index contributed by atoms with van der Waals surface area (Å²) in [4.78, 5) is 40.5. The van der Waals surface area contributed by atoms with Crippen LogP contribution in [0, 0.1) is 0 Å². The molecule has 33 heavy (non-hydrogen) atoms. The molecule has 0 aromatic carbocycles. The van der Waals surface area contributed by atoms with Crippen molar-refractivity contribution < 1.29 is 23.9 Å². The van der Waals surface area contributed by atoms with Crippen molar-refractivity contribution in [3.8, 4) is 0 Å². The van der Waals surface area contributed by atoms with Gasteiger partial charge >= 0.3 is 15.9 Å². The minimum absolute atomic E-state index is 0.130. The van der Waals surface area contributed by atoms with E-state index in [1.807, 2.05) is 0 Å². The highest BCUT2D eigenvalue weighted by atomic mass is 31.3. The van der Waals surface area contributed by atoms with Crippen LogP contribution in [0.25, 0.3) is 0 Å². The van der Waals surface area contributed by atoms with Crippen molar-refractivity contribution in [3.05, 3.63) is 0 Å². The van der Waals surface area contributed by atoms with E-state index in [2.05, 4.69) is 13.8 Å². The molecule has 0 bridgehead atoms. The fraction of sp³-hybridized carbons (Fsp3) is 1.00. The summed E-state index contributed by atoms with van der Waals surface area (Å²) in [5.41, 5.74) is 0. The molecule has 5 nitrogen and oxygen atoms in total. The lowest BCUT2D eigenvalue weighted by molar-refractivity contribution is 0.278. The molecule has 0 spiro atoms. The Balaban J connectivity index is 3.62. The third-order valence-electron chi connectivity index (χ3n) is 6.37. The maximum atomic E-state index is 10.1. The second-order valence-electron chi connectivity index (χ2n) is 9.93. The van der Waals surface area contributed by atoms with E-state index in [4.69, 9.17) is 4.31 Å². The van der Waals surface area contributed by atoms with Crippen LogP contribution in [-0.4, -0.2) is 31.9 Å². The minimum Gasteiger partial charge on any atom is -0.189 e. The summed E-state index contributed by atoms with van der Waals surface area (Å²) >= 11 is 0. The first-order valence-electron chi connectivity index (χ1n) is 14.2. The summed E-state index contributed by atoms with van der Waals surface area (Å²) in [6.07, 6.45) is 26.4. The summed E-state index contributed by atoms with van der Waals surface area (Å²) in [7, 11) is -7.35. The maximum absolute atomic E-state index is 10.1. The molecule has 0 saturated carbocycles. The molecule has 0 aliphatic carbocycles. The number of unbranched alkanes of at least 4 members (excludes halogenated alkanes) is 20. The molecule has 0 aromatic heterocycles. The highest BCUT2D eigenvalue weighted by molar-refractivity contribution is 7.72. The van der Waals surface area contributed by atoms with E-state index in [0.29, 0.717) is 12.8 Å². The predicted molar refractivity (Wildman–Crippen MR) is 146 cm³/mol. The Morgan fingerprint density at radius 3 is 0.818 bits per heavy atom. The topological polar surface area (TPSA) is 90.2 Å². The smallest absolute Gasteiger partial charge is 0.189 e. The van der Waals surface area contributed by atoms with Crippen LogP contribution in [0.5, 0.6) is 0 Å². The van der Waals surface area contributed by atoms with Gasteiger partial charge in [-0.1, -0.05) is 129 Å². The van der Waals surface area contributed by atoms with Gasteiger partial charge in [0.05, 0.1) is 0 Å². The van der Waals surface area contributed by atoms with Gasteiger partial charge in [0.1, 0.15) is 12.3 Å². The first-order valence-corrected chi connectivity index (χ1v) is 17.8. The Kier molecular flexibility index (Phi) is 23.5. The van der Waals surface area contributed by atoms with E-state index in [0.717, 1.165) is 25.7 Å². The lowest BCUT2D eigenvalue weighted by atomic mass is 10.1. The molecular weight excluding hydrogens is 454 g/mol. The largest absolute Gasteiger partial charge is 0.461 e. The van der Waals surface area contributed by atoms with Gasteiger partial charge in [-0.15, -0.1) is 0 Å². The summed E-state index contributed by atoms with van der Waals surface area (Å²) < 4.78 is 5.05. The van der Waals surface area contributed by atoms with E-state index in [1.54, 1.807) is 0 Å². The average molecular weight is 513 g/mol. The second kappa shape index (κ2) is 23.1. The molecule has 0 unspecified atom stereocenters. The van der Waals surface area contributed by atoms with Gasteiger partial charge in [0.25, 0.3) is 0 Å². The summed E-state index contributed by atoms with van der Waals surface area (Å²) in [5.74, 6) is 0. The van der Waals surface area contributed by atoms with Crippen molar-refractivity contribution in [2.45, 2.75) is 155 Å². The van der Waals surface area contributed by atoms with Crippen LogP contribution in [0.1, 0.15) is 155 Å². The van der Waals surface area contributed by atoms with Crippen molar-refractivity contribution in [3.63, 3.8) is 0 Å². The molecule has 0 radical (unpaired) electrons. The van der Waals surface area contributed by atoms with Gasteiger partial charge in [-0.25, -0.2) is 0 Å². The first-order chi connectivity index (χ1) is 15.8. The molecule has 0 saturated heterocycles. The summed E-state index contributed by atoms with van der Waals surface area (Å²) in [6.45, 7) is 4.48. The third kappa shape index (κ3) is 25.6. The van der Waals surface area contributed by atoms with Gasteiger partial charge in [0, 0.05) is 4.31 Å². The van der Waals surface area contributed by atoms with Crippen molar-refractivity contribution in [2.75, 3.05) is 12.3 Å². The van der Waals surface area contributed by atoms with Crippen LogP contribution >= 0.6 is 15.9 Å². The monoisotopic (exact) mass is 512 g/mol. The molecule has 0 aliphatic rings. The zero-order valence-electron chi connectivity index (χ0n) is 22.1. The van der Waals surface area contributed by atoms with E-state index < -0.39 is 15.9 Å². The molecule has 0 rings (SSSR count). The molecular formula is C26H58O5P2+2. The van der Waals surface area contributed by atoms with Crippen molar-refractivity contribution in [1.82, 2.24) is 0 Å². The fourth-order valence-corrected chi connectivity index (χ4v) is 7.85. The lowest BCUT2D eigenvalue weighted by Crippen LogP contribution is -2.07. The molecule has 0 heterocycles. The molecule has 200 valence electrons. The van der Waals surface area contributed by atoms with Crippen LogP contribution in [0.2, 0.25) is 0 Å². The Morgan fingerprint density at radius 1 is 0.364 bits per heavy atom. The van der Waals surface area contributed by atoms with Gasteiger partial charge in [0.15, 0.2) is 0 Å². The van der Waals surface area contributed by atoms with Gasteiger partial charge in [-0.05, 0) is 25.7 Å². The van der Waals surface area contributed by atoms with Crippen LogP contribution in [0.4, 0.5) is 0 Å². The van der Waals surface area contributed by atoms with Crippen LogP contribution < -0.4 is 0 Å². The number of hydrogen-bond acceptors (Lipinski definition) is 5. The summed E-state index contributed by atoms with van der Waals surface area (Å²) in [6, 6.07) is 0. The summed E-state index contributed by atoms with van der Waals surface area (Å²) in [5, 5.41) is 0. The molecule has 0 atom stereocenters. The highest BCUT2D eigenvalue weighted by Crippen LogP contribution is 2.69. The molecule has 0 fully saturated rings. The zero-order valence-corrected chi connectivity index (χ0v) is 23.9. The molecule has 0 amide bonds. The average Bonchev–Trinajstić information content (AvgIpc) is 2.75. The third-order valence-corrected chi connectivity index (χ3v) is 10.3. The highest BCUT2D eigenvalue weighted by Gasteiger charge is 2.53.